The lowest BCUT2D eigenvalue weighted by atomic mass is 9.98. The minimum Gasteiger partial charge on any atom is -0.490 e. The molecule has 2 aromatic rings. The monoisotopic (exact) mass is 356 g/mol. The van der Waals surface area contributed by atoms with E-state index >= 15 is 0 Å². The van der Waals surface area contributed by atoms with Gasteiger partial charge >= 0.3 is 0 Å². The molecule has 0 unspecified atom stereocenters. The molecule has 1 heterocycles. The number of amides is 2. The molecular weight excluding hydrogens is 335 g/mol. The summed E-state index contributed by atoms with van der Waals surface area (Å²) in [5.41, 5.74) is 2.89. The first-order chi connectivity index (χ1) is 12.5. The van der Waals surface area contributed by atoms with E-state index in [2.05, 4.69) is 10.6 Å². The van der Waals surface area contributed by atoms with Crippen molar-refractivity contribution in [3.63, 3.8) is 0 Å². The molecule has 3 rings (SSSR count). The molecule has 0 aliphatic carbocycles. The van der Waals surface area contributed by atoms with Gasteiger partial charge in [0, 0.05) is 12.1 Å². The SMILES string of the molecule is C[C@H](NC(=O)CCOc1ccccc1F)c1ccc2c(c1)CCC(=O)N2. The molecule has 2 aromatic carbocycles. The van der Waals surface area contributed by atoms with Crippen LogP contribution in [0.1, 0.15) is 36.9 Å². The van der Waals surface area contributed by atoms with E-state index in [1.165, 1.54) is 12.1 Å². The minimum absolute atomic E-state index is 0.0291. The third kappa shape index (κ3) is 4.39. The lowest BCUT2D eigenvalue weighted by molar-refractivity contribution is -0.122. The van der Waals surface area contributed by atoms with Crippen LogP contribution in [-0.2, 0) is 16.0 Å². The summed E-state index contributed by atoms with van der Waals surface area (Å²) in [6, 6.07) is 11.7. The summed E-state index contributed by atoms with van der Waals surface area (Å²) in [7, 11) is 0. The second-order valence-electron chi connectivity index (χ2n) is 6.28. The van der Waals surface area contributed by atoms with Crippen LogP contribution in [0.2, 0.25) is 0 Å². The molecule has 1 atom stereocenters. The van der Waals surface area contributed by atoms with Crippen molar-refractivity contribution in [2.24, 2.45) is 0 Å². The van der Waals surface area contributed by atoms with Crippen LogP contribution in [0.3, 0.4) is 0 Å². The Balaban J connectivity index is 1.51. The number of halogens is 1. The zero-order valence-electron chi connectivity index (χ0n) is 14.5. The maximum Gasteiger partial charge on any atom is 0.224 e. The van der Waals surface area contributed by atoms with Crippen LogP contribution < -0.4 is 15.4 Å². The number of ether oxygens (including phenoxy) is 1. The van der Waals surface area contributed by atoms with Crippen molar-refractivity contribution in [1.82, 2.24) is 5.32 Å². The lowest BCUT2D eigenvalue weighted by Crippen LogP contribution is -2.28. The Morgan fingerprint density at radius 2 is 2.08 bits per heavy atom. The van der Waals surface area contributed by atoms with Crippen molar-refractivity contribution in [3.05, 3.63) is 59.4 Å². The number of hydrogen-bond acceptors (Lipinski definition) is 3. The number of anilines is 1. The average molecular weight is 356 g/mol. The smallest absolute Gasteiger partial charge is 0.224 e. The molecule has 0 saturated heterocycles. The molecule has 0 spiro atoms. The summed E-state index contributed by atoms with van der Waals surface area (Å²) in [5, 5.41) is 5.75. The molecule has 0 fully saturated rings. The Bertz CT molecular complexity index is 822. The number of benzene rings is 2. The molecule has 0 radical (unpaired) electrons. The third-order valence-electron chi connectivity index (χ3n) is 4.33. The van der Waals surface area contributed by atoms with Crippen molar-refractivity contribution in [3.8, 4) is 5.75 Å². The van der Waals surface area contributed by atoms with Gasteiger partial charge in [0.25, 0.3) is 0 Å². The predicted octanol–water partition coefficient (Wildman–Crippen LogP) is 3.36. The maximum absolute atomic E-state index is 13.5. The number of aryl methyl sites for hydroxylation is 1. The lowest BCUT2D eigenvalue weighted by Gasteiger charge is -2.20. The highest BCUT2D eigenvalue weighted by Crippen LogP contribution is 2.26. The Morgan fingerprint density at radius 3 is 2.88 bits per heavy atom. The minimum atomic E-state index is -0.442. The quantitative estimate of drug-likeness (QED) is 0.834. The van der Waals surface area contributed by atoms with Crippen molar-refractivity contribution in [2.45, 2.75) is 32.2 Å². The van der Waals surface area contributed by atoms with Crippen molar-refractivity contribution < 1.29 is 18.7 Å². The number of carbonyl (C=O) groups is 2. The zero-order chi connectivity index (χ0) is 18.5. The summed E-state index contributed by atoms with van der Waals surface area (Å²) >= 11 is 0. The van der Waals surface area contributed by atoms with Gasteiger partial charge in [0.05, 0.1) is 19.1 Å². The molecule has 1 aliphatic heterocycles. The molecule has 26 heavy (non-hydrogen) atoms. The van der Waals surface area contributed by atoms with Crippen LogP contribution in [0, 0.1) is 5.82 Å². The van der Waals surface area contributed by atoms with Gasteiger partial charge in [-0.15, -0.1) is 0 Å². The van der Waals surface area contributed by atoms with Gasteiger partial charge in [-0.3, -0.25) is 9.59 Å². The highest BCUT2D eigenvalue weighted by Gasteiger charge is 2.17. The topological polar surface area (TPSA) is 67.4 Å². The molecule has 2 amide bonds. The van der Waals surface area contributed by atoms with Gasteiger partial charge in [0.1, 0.15) is 0 Å². The van der Waals surface area contributed by atoms with Crippen LogP contribution in [0.4, 0.5) is 10.1 Å². The second-order valence-corrected chi connectivity index (χ2v) is 6.28. The van der Waals surface area contributed by atoms with Crippen molar-refractivity contribution in [1.29, 1.82) is 0 Å². The molecule has 136 valence electrons. The zero-order valence-corrected chi connectivity index (χ0v) is 14.5. The number of nitrogens with one attached hydrogen (secondary N) is 2. The Kier molecular flexibility index (Phi) is 5.51. The third-order valence-corrected chi connectivity index (χ3v) is 4.33. The first-order valence-corrected chi connectivity index (χ1v) is 8.62. The van der Waals surface area contributed by atoms with E-state index in [4.69, 9.17) is 4.74 Å². The second kappa shape index (κ2) is 7.99. The van der Waals surface area contributed by atoms with Gasteiger partial charge < -0.3 is 15.4 Å². The number of fused-ring (bicyclic) bond motifs is 1. The maximum atomic E-state index is 13.5. The standard InChI is InChI=1S/C20H21FN2O3/c1-13(14-6-8-17-15(12-14)7-9-19(24)23-17)22-20(25)10-11-26-18-5-3-2-4-16(18)21/h2-6,8,12-13H,7,9-11H2,1H3,(H,22,25)(H,23,24)/t13-/m0/s1. The average Bonchev–Trinajstić information content (AvgIpc) is 2.62. The summed E-state index contributed by atoms with van der Waals surface area (Å²) in [6.45, 7) is 2.01. The fraction of sp³-hybridized carbons (Fsp3) is 0.300. The number of para-hydroxylation sites is 1. The van der Waals surface area contributed by atoms with E-state index in [0.29, 0.717) is 12.8 Å². The molecular formula is C20H21FN2O3. The van der Waals surface area contributed by atoms with E-state index in [9.17, 15) is 14.0 Å². The Morgan fingerprint density at radius 1 is 1.27 bits per heavy atom. The van der Waals surface area contributed by atoms with Gasteiger partial charge in [0.2, 0.25) is 11.8 Å². The number of rotatable bonds is 6. The van der Waals surface area contributed by atoms with Crippen LogP contribution >= 0.6 is 0 Å². The normalized spacial score (nSPS) is 14.2. The summed E-state index contributed by atoms with van der Waals surface area (Å²) < 4.78 is 18.8. The van der Waals surface area contributed by atoms with Gasteiger partial charge in [-0.05, 0) is 42.7 Å². The van der Waals surface area contributed by atoms with E-state index in [1.54, 1.807) is 12.1 Å². The number of hydrogen-bond donors (Lipinski definition) is 2. The van der Waals surface area contributed by atoms with Gasteiger partial charge in [-0.1, -0.05) is 24.3 Å². The largest absolute Gasteiger partial charge is 0.490 e. The van der Waals surface area contributed by atoms with E-state index in [0.717, 1.165) is 16.8 Å². The fourth-order valence-corrected chi connectivity index (χ4v) is 2.89. The molecule has 0 aromatic heterocycles. The summed E-state index contributed by atoms with van der Waals surface area (Å²) in [5.74, 6) is -0.436. The summed E-state index contributed by atoms with van der Waals surface area (Å²) in [6.07, 6.45) is 1.32. The van der Waals surface area contributed by atoms with Gasteiger partial charge in [0.15, 0.2) is 11.6 Å². The highest BCUT2D eigenvalue weighted by molar-refractivity contribution is 5.93. The van der Waals surface area contributed by atoms with Gasteiger partial charge in [-0.2, -0.15) is 0 Å². The van der Waals surface area contributed by atoms with Crippen LogP contribution in [0.25, 0.3) is 0 Å². The molecule has 2 N–H and O–H groups in total. The van der Waals surface area contributed by atoms with Crippen LogP contribution in [0.5, 0.6) is 5.75 Å². The Hall–Kier alpha value is -2.89. The van der Waals surface area contributed by atoms with E-state index in [1.807, 2.05) is 25.1 Å². The number of carbonyl (C=O) groups excluding carboxylic acids is 2. The first kappa shape index (κ1) is 17.9. The molecule has 5 nitrogen and oxygen atoms in total. The first-order valence-electron chi connectivity index (χ1n) is 8.62. The van der Waals surface area contributed by atoms with E-state index < -0.39 is 5.82 Å². The van der Waals surface area contributed by atoms with Crippen LogP contribution in [0.15, 0.2) is 42.5 Å². The van der Waals surface area contributed by atoms with Crippen LogP contribution in [-0.4, -0.2) is 18.4 Å². The fourth-order valence-electron chi connectivity index (χ4n) is 2.89. The summed E-state index contributed by atoms with van der Waals surface area (Å²) in [4.78, 5) is 23.5. The molecule has 1 aliphatic rings. The Labute approximate surface area is 151 Å². The molecule has 0 bridgehead atoms. The van der Waals surface area contributed by atoms with Crippen molar-refractivity contribution in [2.75, 3.05) is 11.9 Å². The highest BCUT2D eigenvalue weighted by atomic mass is 19.1. The van der Waals surface area contributed by atoms with E-state index in [-0.39, 0.29) is 36.6 Å². The predicted molar refractivity (Wildman–Crippen MR) is 96.5 cm³/mol. The molecule has 0 saturated carbocycles. The molecule has 6 heteroatoms. The van der Waals surface area contributed by atoms with Gasteiger partial charge in [-0.25, -0.2) is 4.39 Å². The van der Waals surface area contributed by atoms with Crippen molar-refractivity contribution >= 4 is 17.5 Å².